The number of nitrogens with one attached hydrogen (secondary N) is 2. The molecule has 4 aromatic rings. The molecule has 5 heterocycles. The summed E-state index contributed by atoms with van der Waals surface area (Å²) >= 11 is 7.00. The van der Waals surface area contributed by atoms with Gasteiger partial charge < -0.3 is 15.4 Å². The number of benzene rings is 2. The molecule has 0 spiro atoms. The van der Waals surface area contributed by atoms with Gasteiger partial charge in [-0.2, -0.15) is 0 Å². The number of fused-ring (bicyclic) bond motifs is 1. The van der Waals surface area contributed by atoms with Crippen LogP contribution in [0.25, 0.3) is 11.1 Å². The monoisotopic (exact) mass is 732 g/mol. The number of likely N-dealkylation sites (tertiary alicyclic amines) is 1. The minimum atomic E-state index is -0.300. The van der Waals surface area contributed by atoms with Crippen LogP contribution in [-0.2, 0) is 24.2 Å². The Labute approximate surface area is 317 Å². The molecule has 1 aliphatic carbocycles. The molecule has 0 bridgehead atoms. The van der Waals surface area contributed by atoms with E-state index in [0.717, 1.165) is 88.2 Å². The third-order valence-corrected chi connectivity index (χ3v) is 12.2. The largest absolute Gasteiger partial charge is 0.381 e. The molecule has 53 heavy (non-hydrogen) atoms. The van der Waals surface area contributed by atoms with Gasteiger partial charge in [0, 0.05) is 68.6 Å². The number of halogens is 1. The molecule has 1 atom stereocenters. The highest BCUT2D eigenvalue weighted by molar-refractivity contribution is 6.36. The van der Waals surface area contributed by atoms with E-state index in [1.807, 2.05) is 61.8 Å². The number of piperidine rings is 1. The second-order valence-corrected chi connectivity index (χ2v) is 15.7. The topological polar surface area (TPSA) is 99.7 Å². The van der Waals surface area contributed by atoms with Gasteiger partial charge >= 0.3 is 0 Å². The number of carbonyl (C=O) groups is 2. The fourth-order valence-corrected chi connectivity index (χ4v) is 8.64. The number of pyridine rings is 2. The van der Waals surface area contributed by atoms with Crippen LogP contribution in [0, 0.1) is 6.92 Å². The van der Waals surface area contributed by atoms with E-state index in [1.165, 1.54) is 41.5 Å². The molecule has 0 unspecified atom stereocenters. The number of anilines is 2. The summed E-state index contributed by atoms with van der Waals surface area (Å²) in [5.74, 6) is -0.0206. The van der Waals surface area contributed by atoms with Crippen molar-refractivity contribution in [2.24, 2.45) is 0 Å². The van der Waals surface area contributed by atoms with Crippen LogP contribution in [0.1, 0.15) is 107 Å². The van der Waals surface area contributed by atoms with E-state index in [4.69, 9.17) is 16.3 Å². The third kappa shape index (κ3) is 7.90. The summed E-state index contributed by atoms with van der Waals surface area (Å²) in [7, 11) is 0. The molecule has 3 fully saturated rings. The molecule has 9 nitrogen and oxygen atoms in total. The van der Waals surface area contributed by atoms with Gasteiger partial charge in [-0.05, 0) is 129 Å². The van der Waals surface area contributed by atoms with Crippen molar-refractivity contribution in [1.82, 2.24) is 19.8 Å². The molecule has 2 aromatic carbocycles. The van der Waals surface area contributed by atoms with Gasteiger partial charge in [-0.3, -0.25) is 29.4 Å². The third-order valence-electron chi connectivity index (χ3n) is 11.8. The molecule has 8 rings (SSSR count). The lowest BCUT2D eigenvalue weighted by Crippen LogP contribution is -2.42. The molecule has 2 amide bonds. The van der Waals surface area contributed by atoms with Crippen molar-refractivity contribution in [1.29, 1.82) is 0 Å². The Kier molecular flexibility index (Phi) is 10.6. The zero-order valence-corrected chi connectivity index (χ0v) is 31.6. The molecule has 10 heteroatoms. The van der Waals surface area contributed by atoms with Crippen LogP contribution >= 0.6 is 11.6 Å². The highest BCUT2D eigenvalue weighted by Gasteiger charge is 2.30. The van der Waals surface area contributed by atoms with Crippen molar-refractivity contribution in [3.8, 4) is 11.1 Å². The Morgan fingerprint density at radius 2 is 1.57 bits per heavy atom. The van der Waals surface area contributed by atoms with Crippen molar-refractivity contribution in [2.75, 3.05) is 36.9 Å². The lowest BCUT2D eigenvalue weighted by Gasteiger charge is -2.37. The number of ether oxygens (including phenoxy) is 1. The van der Waals surface area contributed by atoms with Crippen molar-refractivity contribution in [3.63, 3.8) is 0 Å². The predicted molar refractivity (Wildman–Crippen MR) is 210 cm³/mol. The van der Waals surface area contributed by atoms with Gasteiger partial charge in [0.1, 0.15) is 11.4 Å². The van der Waals surface area contributed by atoms with Gasteiger partial charge in [0.15, 0.2) is 0 Å². The van der Waals surface area contributed by atoms with Crippen LogP contribution in [0.15, 0.2) is 60.9 Å². The first-order chi connectivity index (χ1) is 25.8. The van der Waals surface area contributed by atoms with E-state index in [2.05, 4.69) is 37.3 Å². The van der Waals surface area contributed by atoms with Gasteiger partial charge in [0.2, 0.25) is 0 Å². The van der Waals surface area contributed by atoms with E-state index >= 15 is 0 Å². The number of rotatable bonds is 9. The molecule has 2 saturated heterocycles. The molecule has 1 saturated carbocycles. The fourth-order valence-electron chi connectivity index (χ4n) is 8.36. The average molecular weight is 733 g/mol. The Bertz CT molecular complexity index is 2010. The van der Waals surface area contributed by atoms with Crippen molar-refractivity contribution in [2.45, 2.75) is 96.3 Å². The zero-order chi connectivity index (χ0) is 36.5. The van der Waals surface area contributed by atoms with Crippen molar-refractivity contribution >= 4 is 34.8 Å². The summed E-state index contributed by atoms with van der Waals surface area (Å²) in [5.41, 5.74) is 9.36. The number of nitrogens with zero attached hydrogens (tertiary/aromatic N) is 4. The van der Waals surface area contributed by atoms with E-state index in [-0.39, 0.29) is 11.8 Å². The van der Waals surface area contributed by atoms with E-state index < -0.39 is 0 Å². The normalized spacial score (nSPS) is 19.8. The van der Waals surface area contributed by atoms with Gasteiger partial charge in [-0.1, -0.05) is 42.3 Å². The van der Waals surface area contributed by atoms with Gasteiger partial charge in [0.05, 0.1) is 10.7 Å². The molecular formula is C43H49ClN6O3. The standard InChI is InChI=1S/C43H49ClN6O3/c1-27-7-3-4-17-49(27)26-32-24-46-40(22-36(32)29-12-13-29)43(52)47-37-10-5-8-34(28(37)2)35-9-6-11-38(41(35)44)48-42(51)39-21-30-14-18-50(25-31(30)23-45-39)33-15-19-53-20-16-33/h5-6,8-11,21-24,27,29,33H,3-4,7,12-20,25-26H2,1-2H3,(H,47,52)(H,48,51)/t27-/m1/s1. The quantitative estimate of drug-likeness (QED) is 0.178. The highest BCUT2D eigenvalue weighted by atomic mass is 35.5. The summed E-state index contributed by atoms with van der Waals surface area (Å²) in [6.45, 7) is 9.76. The van der Waals surface area contributed by atoms with Crippen molar-refractivity contribution < 1.29 is 14.3 Å². The summed E-state index contributed by atoms with van der Waals surface area (Å²) < 4.78 is 5.55. The average Bonchev–Trinajstić information content (AvgIpc) is 4.03. The van der Waals surface area contributed by atoms with Crippen LogP contribution in [-0.4, -0.2) is 70.0 Å². The highest BCUT2D eigenvalue weighted by Crippen LogP contribution is 2.43. The van der Waals surface area contributed by atoms with Crippen LogP contribution in [0.5, 0.6) is 0 Å². The maximum absolute atomic E-state index is 13.6. The Morgan fingerprint density at radius 3 is 2.34 bits per heavy atom. The minimum absolute atomic E-state index is 0.231. The number of aromatic nitrogens is 2. The van der Waals surface area contributed by atoms with Crippen LogP contribution in [0.2, 0.25) is 5.02 Å². The predicted octanol–water partition coefficient (Wildman–Crippen LogP) is 8.40. The van der Waals surface area contributed by atoms with Gasteiger partial charge in [0.25, 0.3) is 11.8 Å². The summed E-state index contributed by atoms with van der Waals surface area (Å²) in [6.07, 6.45) is 12.9. The first-order valence-electron chi connectivity index (χ1n) is 19.4. The van der Waals surface area contributed by atoms with E-state index in [9.17, 15) is 9.59 Å². The van der Waals surface area contributed by atoms with Crippen LogP contribution in [0.3, 0.4) is 0 Å². The first kappa shape index (κ1) is 35.9. The molecular weight excluding hydrogens is 684 g/mol. The van der Waals surface area contributed by atoms with Crippen LogP contribution in [0.4, 0.5) is 11.4 Å². The molecule has 4 aliphatic rings. The summed E-state index contributed by atoms with van der Waals surface area (Å²) in [6, 6.07) is 16.4. The SMILES string of the molecule is Cc1c(NC(=O)c2cc(C3CC3)c(CN3CCCC[C@H]3C)cn2)cccc1-c1cccc(NC(=O)c2cc3c(cn2)CN(C2CCOCC2)CC3)c1Cl. The zero-order valence-electron chi connectivity index (χ0n) is 30.8. The minimum Gasteiger partial charge on any atom is -0.381 e. The number of hydrogen-bond acceptors (Lipinski definition) is 7. The maximum Gasteiger partial charge on any atom is 0.274 e. The molecule has 2 aromatic heterocycles. The van der Waals surface area contributed by atoms with E-state index in [0.29, 0.717) is 45.8 Å². The summed E-state index contributed by atoms with van der Waals surface area (Å²) in [4.78, 5) is 41.4. The molecule has 276 valence electrons. The van der Waals surface area contributed by atoms with E-state index in [1.54, 1.807) is 6.07 Å². The van der Waals surface area contributed by atoms with Gasteiger partial charge in [-0.25, -0.2) is 0 Å². The second kappa shape index (κ2) is 15.7. The van der Waals surface area contributed by atoms with Gasteiger partial charge in [-0.15, -0.1) is 0 Å². The second-order valence-electron chi connectivity index (χ2n) is 15.3. The summed E-state index contributed by atoms with van der Waals surface area (Å²) in [5, 5.41) is 6.55. The Morgan fingerprint density at radius 1 is 0.849 bits per heavy atom. The number of hydrogen-bond donors (Lipinski definition) is 2. The number of carbonyl (C=O) groups excluding carboxylic acids is 2. The molecule has 0 radical (unpaired) electrons. The smallest absolute Gasteiger partial charge is 0.274 e. The number of amides is 2. The Hall–Kier alpha value is -4.15. The van der Waals surface area contributed by atoms with Crippen molar-refractivity contribution in [3.05, 3.63) is 105 Å². The van der Waals surface area contributed by atoms with Crippen LogP contribution < -0.4 is 10.6 Å². The lowest BCUT2D eigenvalue weighted by molar-refractivity contribution is 0.0290. The molecule has 2 N–H and O–H groups in total. The Balaban J connectivity index is 0.959. The lowest BCUT2D eigenvalue weighted by atomic mass is 9.97. The molecule has 3 aliphatic heterocycles. The first-order valence-corrected chi connectivity index (χ1v) is 19.7. The fraction of sp³-hybridized carbons (Fsp3) is 0.442. The maximum atomic E-state index is 13.6.